The minimum absolute atomic E-state index is 0.0763. The lowest BCUT2D eigenvalue weighted by Crippen LogP contribution is -2.29. The summed E-state index contributed by atoms with van der Waals surface area (Å²) in [5, 5.41) is 14.2. The van der Waals surface area contributed by atoms with Crippen LogP contribution in [0, 0.1) is 5.92 Å². The van der Waals surface area contributed by atoms with Gasteiger partial charge in [-0.1, -0.05) is 31.9 Å². The van der Waals surface area contributed by atoms with Crippen LogP contribution in [0.4, 0.5) is 10.5 Å². The predicted octanol–water partition coefficient (Wildman–Crippen LogP) is 3.29. The molecule has 0 radical (unpaired) electrons. The summed E-state index contributed by atoms with van der Waals surface area (Å²) in [4.78, 5) is 11.7. The summed E-state index contributed by atoms with van der Waals surface area (Å²) in [5.74, 6) is 0.754. The normalized spacial score (nSPS) is 21.0. The molecule has 1 aromatic rings. The number of urea groups is 1. The second kappa shape index (κ2) is 9.53. The molecule has 0 heterocycles. The number of anilines is 1. The molecule has 1 fully saturated rings. The standard InChI is InChI=1S/C18H28N2O3/c1-14-5-2-8-17(11-14)23-13-15-6-3-7-16(12-15)20-18(22)19-9-4-10-21/h3,6-7,12,14,17,21H,2,4-5,8-11,13H2,1H3,(H2,19,20,22). The maximum atomic E-state index is 11.7. The molecule has 128 valence electrons. The molecule has 0 spiro atoms. The van der Waals surface area contributed by atoms with Crippen LogP contribution >= 0.6 is 0 Å². The van der Waals surface area contributed by atoms with E-state index in [0.29, 0.717) is 25.7 Å². The molecule has 0 aliphatic heterocycles. The number of carbonyl (C=O) groups excluding carboxylic acids is 1. The number of benzene rings is 1. The lowest BCUT2D eigenvalue weighted by molar-refractivity contribution is 0.00468. The van der Waals surface area contributed by atoms with Crippen LogP contribution in [0.25, 0.3) is 0 Å². The summed E-state index contributed by atoms with van der Waals surface area (Å²) in [6.45, 7) is 3.41. The van der Waals surface area contributed by atoms with Gasteiger partial charge in [-0.05, 0) is 42.9 Å². The van der Waals surface area contributed by atoms with Crippen molar-refractivity contribution in [3.8, 4) is 0 Å². The highest BCUT2D eigenvalue weighted by atomic mass is 16.5. The van der Waals surface area contributed by atoms with Crippen LogP contribution < -0.4 is 10.6 Å². The van der Waals surface area contributed by atoms with Crippen LogP contribution in [0.15, 0.2) is 24.3 Å². The molecule has 0 saturated heterocycles. The van der Waals surface area contributed by atoms with Crippen LogP contribution in [0.5, 0.6) is 0 Å². The molecule has 2 amide bonds. The van der Waals surface area contributed by atoms with Crippen LogP contribution in [0.3, 0.4) is 0 Å². The summed E-state index contributed by atoms with van der Waals surface area (Å²) >= 11 is 0. The Bertz CT molecular complexity index is 493. The van der Waals surface area contributed by atoms with Gasteiger partial charge in [-0.25, -0.2) is 4.79 Å². The van der Waals surface area contributed by atoms with Gasteiger partial charge >= 0.3 is 6.03 Å². The van der Waals surface area contributed by atoms with Gasteiger partial charge in [0.1, 0.15) is 0 Å². The molecular formula is C18H28N2O3. The van der Waals surface area contributed by atoms with Crippen molar-refractivity contribution in [2.75, 3.05) is 18.5 Å². The van der Waals surface area contributed by atoms with Crippen molar-refractivity contribution in [2.45, 2.75) is 51.7 Å². The van der Waals surface area contributed by atoms with Crippen molar-refractivity contribution >= 4 is 11.7 Å². The number of carbonyl (C=O) groups is 1. The van der Waals surface area contributed by atoms with E-state index in [-0.39, 0.29) is 12.6 Å². The van der Waals surface area contributed by atoms with Gasteiger partial charge in [0.15, 0.2) is 0 Å². The van der Waals surface area contributed by atoms with Gasteiger partial charge in [0.25, 0.3) is 0 Å². The van der Waals surface area contributed by atoms with Gasteiger partial charge in [0, 0.05) is 18.8 Å². The molecule has 5 heteroatoms. The Kier molecular flexibility index (Phi) is 7.36. The highest BCUT2D eigenvalue weighted by molar-refractivity contribution is 5.89. The fraction of sp³-hybridized carbons (Fsp3) is 0.611. The number of aliphatic hydroxyl groups is 1. The molecule has 1 saturated carbocycles. The minimum Gasteiger partial charge on any atom is -0.396 e. The molecule has 1 aliphatic carbocycles. The summed E-state index contributed by atoms with van der Waals surface area (Å²) in [5.41, 5.74) is 1.82. The molecule has 2 unspecified atom stereocenters. The van der Waals surface area contributed by atoms with Crippen molar-refractivity contribution in [3.05, 3.63) is 29.8 Å². The molecule has 23 heavy (non-hydrogen) atoms. The first kappa shape index (κ1) is 17.8. The van der Waals surface area contributed by atoms with Crippen molar-refractivity contribution < 1.29 is 14.6 Å². The summed E-state index contributed by atoms with van der Waals surface area (Å²) in [6, 6.07) is 7.49. The van der Waals surface area contributed by atoms with Crippen molar-refractivity contribution in [1.29, 1.82) is 0 Å². The molecule has 0 aromatic heterocycles. The van der Waals surface area contributed by atoms with Gasteiger partial charge in [0.05, 0.1) is 12.7 Å². The van der Waals surface area contributed by atoms with Gasteiger partial charge in [-0.3, -0.25) is 0 Å². The molecule has 2 atom stereocenters. The van der Waals surface area contributed by atoms with E-state index in [1.165, 1.54) is 12.8 Å². The lowest BCUT2D eigenvalue weighted by atomic mass is 9.89. The van der Waals surface area contributed by atoms with Crippen LogP contribution in [-0.2, 0) is 11.3 Å². The number of hydrogen-bond donors (Lipinski definition) is 3. The molecule has 1 aromatic carbocycles. The van der Waals surface area contributed by atoms with Crippen LogP contribution in [0.1, 0.15) is 44.6 Å². The fourth-order valence-corrected chi connectivity index (χ4v) is 2.94. The van der Waals surface area contributed by atoms with Crippen LogP contribution in [-0.4, -0.2) is 30.4 Å². The Morgan fingerprint density at radius 3 is 3.04 bits per heavy atom. The first-order valence-corrected chi connectivity index (χ1v) is 8.53. The summed E-state index contributed by atoms with van der Waals surface area (Å²) in [6.07, 6.45) is 5.77. The predicted molar refractivity (Wildman–Crippen MR) is 91.4 cm³/mol. The Hall–Kier alpha value is -1.59. The number of nitrogens with one attached hydrogen (secondary N) is 2. The molecule has 3 N–H and O–H groups in total. The zero-order valence-corrected chi connectivity index (χ0v) is 13.9. The largest absolute Gasteiger partial charge is 0.396 e. The Morgan fingerprint density at radius 1 is 1.39 bits per heavy atom. The van der Waals surface area contributed by atoms with Crippen molar-refractivity contribution in [1.82, 2.24) is 5.32 Å². The molecule has 0 bridgehead atoms. The Morgan fingerprint density at radius 2 is 2.26 bits per heavy atom. The lowest BCUT2D eigenvalue weighted by Gasteiger charge is -2.26. The second-order valence-corrected chi connectivity index (χ2v) is 6.36. The van der Waals surface area contributed by atoms with E-state index < -0.39 is 0 Å². The second-order valence-electron chi connectivity index (χ2n) is 6.36. The molecule has 5 nitrogen and oxygen atoms in total. The monoisotopic (exact) mass is 320 g/mol. The molecular weight excluding hydrogens is 292 g/mol. The fourth-order valence-electron chi connectivity index (χ4n) is 2.94. The Labute approximate surface area is 138 Å². The first-order chi connectivity index (χ1) is 11.2. The average molecular weight is 320 g/mol. The summed E-state index contributed by atoms with van der Waals surface area (Å²) in [7, 11) is 0. The van der Waals surface area contributed by atoms with Gasteiger partial charge < -0.3 is 20.5 Å². The van der Waals surface area contributed by atoms with E-state index >= 15 is 0 Å². The maximum Gasteiger partial charge on any atom is 0.319 e. The van der Waals surface area contributed by atoms with E-state index in [2.05, 4.69) is 17.6 Å². The third-order valence-electron chi connectivity index (χ3n) is 4.18. The zero-order chi connectivity index (χ0) is 16.5. The van der Waals surface area contributed by atoms with Crippen molar-refractivity contribution in [3.63, 3.8) is 0 Å². The van der Waals surface area contributed by atoms with Gasteiger partial charge in [-0.2, -0.15) is 0 Å². The van der Waals surface area contributed by atoms with Crippen molar-refractivity contribution in [2.24, 2.45) is 5.92 Å². The highest BCUT2D eigenvalue weighted by Gasteiger charge is 2.19. The van der Waals surface area contributed by atoms with Crippen LogP contribution in [0.2, 0.25) is 0 Å². The smallest absolute Gasteiger partial charge is 0.319 e. The Balaban J connectivity index is 1.78. The van der Waals surface area contributed by atoms with E-state index in [1.54, 1.807) is 0 Å². The van der Waals surface area contributed by atoms with Gasteiger partial charge in [0.2, 0.25) is 0 Å². The van der Waals surface area contributed by atoms with E-state index in [4.69, 9.17) is 9.84 Å². The maximum absolute atomic E-state index is 11.7. The number of amides is 2. The molecule has 2 rings (SSSR count). The van der Waals surface area contributed by atoms with E-state index in [1.807, 2.05) is 24.3 Å². The number of hydrogen-bond acceptors (Lipinski definition) is 3. The first-order valence-electron chi connectivity index (χ1n) is 8.53. The third-order valence-corrected chi connectivity index (χ3v) is 4.18. The SMILES string of the molecule is CC1CCCC(OCc2cccc(NC(=O)NCCCO)c2)C1. The number of rotatable bonds is 7. The molecule has 1 aliphatic rings. The summed E-state index contributed by atoms with van der Waals surface area (Å²) < 4.78 is 6.02. The zero-order valence-electron chi connectivity index (χ0n) is 13.9. The topological polar surface area (TPSA) is 70.6 Å². The van der Waals surface area contributed by atoms with Gasteiger partial charge in [-0.15, -0.1) is 0 Å². The average Bonchev–Trinajstić information content (AvgIpc) is 2.54. The number of aliphatic hydroxyl groups excluding tert-OH is 1. The quantitative estimate of drug-likeness (QED) is 0.675. The highest BCUT2D eigenvalue weighted by Crippen LogP contribution is 2.26. The number of ether oxygens (including phenoxy) is 1. The third kappa shape index (κ3) is 6.59. The minimum atomic E-state index is -0.252. The van der Waals surface area contributed by atoms with E-state index in [0.717, 1.165) is 30.0 Å². The van der Waals surface area contributed by atoms with E-state index in [9.17, 15) is 4.79 Å².